The van der Waals surface area contributed by atoms with Gasteiger partial charge >= 0.3 is 0 Å². The highest BCUT2D eigenvalue weighted by atomic mass is 19.1. The molecule has 2 fully saturated rings. The van der Waals surface area contributed by atoms with E-state index in [-0.39, 0.29) is 12.6 Å². The number of rotatable bonds is 8. The van der Waals surface area contributed by atoms with Crippen LogP contribution in [-0.2, 0) is 16.9 Å². The lowest BCUT2D eigenvalue weighted by Crippen LogP contribution is -2.48. The Morgan fingerprint density at radius 1 is 1.08 bits per heavy atom. The number of halogens is 2. The van der Waals surface area contributed by atoms with Gasteiger partial charge in [-0.3, -0.25) is 4.90 Å². The fourth-order valence-corrected chi connectivity index (χ4v) is 5.22. The van der Waals surface area contributed by atoms with Crippen LogP contribution >= 0.6 is 0 Å². The summed E-state index contributed by atoms with van der Waals surface area (Å²) in [6, 6.07) is 12.4. The Bertz CT molecular complexity index is 1130. The second kappa shape index (κ2) is 10.5. The molecule has 3 heterocycles. The second-order valence-electron chi connectivity index (χ2n) is 9.91. The molecular weight excluding hydrogens is 464 g/mol. The first kappa shape index (κ1) is 24.6. The fraction of sp³-hybridized carbons (Fsp3) is 0.481. The van der Waals surface area contributed by atoms with Crippen LogP contribution in [0.4, 0.5) is 14.5 Å². The Kier molecular flexibility index (Phi) is 7.20. The maximum Gasteiger partial charge on any atom is 0.137 e. The number of anilines is 1. The molecule has 2 aliphatic heterocycles. The van der Waals surface area contributed by atoms with Crippen molar-refractivity contribution in [3.63, 3.8) is 0 Å². The summed E-state index contributed by atoms with van der Waals surface area (Å²) < 4.78 is 42.5. The molecule has 0 spiro atoms. The van der Waals surface area contributed by atoms with Crippen LogP contribution in [0.1, 0.15) is 32.3 Å². The molecule has 36 heavy (non-hydrogen) atoms. The molecule has 0 aliphatic carbocycles. The van der Waals surface area contributed by atoms with E-state index in [2.05, 4.69) is 45.9 Å². The molecule has 5 rings (SSSR count). The first-order chi connectivity index (χ1) is 17.4. The normalized spacial score (nSPS) is 22.9. The maximum atomic E-state index is 14.8. The number of aromatic nitrogens is 3. The zero-order valence-corrected chi connectivity index (χ0v) is 20.8. The minimum atomic E-state index is -0.971. The number of piperazine rings is 1. The van der Waals surface area contributed by atoms with Gasteiger partial charge in [0.25, 0.3) is 0 Å². The lowest BCUT2D eigenvalue weighted by Gasteiger charge is -2.38. The predicted octanol–water partition coefficient (Wildman–Crippen LogP) is 4.24. The van der Waals surface area contributed by atoms with Crippen molar-refractivity contribution < 1.29 is 18.3 Å². The molecular formula is C27H33F2N5O2. The maximum absolute atomic E-state index is 14.8. The van der Waals surface area contributed by atoms with Crippen LogP contribution in [-0.4, -0.2) is 64.6 Å². The van der Waals surface area contributed by atoms with E-state index in [1.807, 2.05) is 12.1 Å². The summed E-state index contributed by atoms with van der Waals surface area (Å²) >= 11 is 0. The molecule has 0 radical (unpaired) electrons. The molecule has 0 bridgehead atoms. The summed E-state index contributed by atoms with van der Waals surface area (Å²) in [7, 11) is 0. The Morgan fingerprint density at radius 3 is 2.53 bits per heavy atom. The molecule has 2 aliphatic rings. The van der Waals surface area contributed by atoms with Crippen LogP contribution in [0.5, 0.6) is 5.75 Å². The monoisotopic (exact) mass is 497 g/mol. The molecule has 1 aromatic heterocycles. The van der Waals surface area contributed by atoms with Crippen molar-refractivity contribution in [1.82, 2.24) is 19.7 Å². The Hall–Kier alpha value is -3.04. The fourth-order valence-electron chi connectivity index (χ4n) is 5.22. The molecule has 0 unspecified atom stereocenters. The van der Waals surface area contributed by atoms with E-state index in [1.165, 1.54) is 24.1 Å². The summed E-state index contributed by atoms with van der Waals surface area (Å²) in [5.41, 5.74) is 0.548. The van der Waals surface area contributed by atoms with Crippen LogP contribution in [0.3, 0.4) is 0 Å². The van der Waals surface area contributed by atoms with Gasteiger partial charge < -0.3 is 14.4 Å². The molecule has 7 nitrogen and oxygen atoms in total. The molecule has 3 aromatic rings. The average Bonchev–Trinajstić information content (AvgIpc) is 3.54. The third-order valence-corrected chi connectivity index (χ3v) is 7.25. The van der Waals surface area contributed by atoms with E-state index in [0.717, 1.165) is 38.0 Å². The van der Waals surface area contributed by atoms with E-state index >= 15 is 0 Å². The first-order valence-corrected chi connectivity index (χ1v) is 12.6. The third kappa shape index (κ3) is 5.37. The first-order valence-electron chi connectivity index (χ1n) is 12.6. The zero-order valence-electron chi connectivity index (χ0n) is 20.8. The quantitative estimate of drug-likeness (QED) is 0.464. The van der Waals surface area contributed by atoms with Gasteiger partial charge in [-0.1, -0.05) is 6.07 Å². The molecule has 0 amide bonds. The minimum Gasteiger partial charge on any atom is -0.491 e. The number of ether oxygens (including phenoxy) is 2. The van der Waals surface area contributed by atoms with Crippen molar-refractivity contribution in [3.05, 3.63) is 72.3 Å². The van der Waals surface area contributed by atoms with Crippen LogP contribution in [0.25, 0.3) is 0 Å². The molecule has 2 aromatic carbocycles. The van der Waals surface area contributed by atoms with Gasteiger partial charge in [-0.25, -0.2) is 18.4 Å². The van der Waals surface area contributed by atoms with Gasteiger partial charge in [0, 0.05) is 49.5 Å². The van der Waals surface area contributed by atoms with E-state index in [9.17, 15) is 8.78 Å². The van der Waals surface area contributed by atoms with Gasteiger partial charge in [-0.2, -0.15) is 5.10 Å². The Balaban J connectivity index is 1.21. The highest BCUT2D eigenvalue weighted by Crippen LogP contribution is 2.42. The summed E-state index contributed by atoms with van der Waals surface area (Å²) in [5, 5.41) is 4.17. The predicted molar refractivity (Wildman–Crippen MR) is 133 cm³/mol. The van der Waals surface area contributed by atoms with Crippen LogP contribution < -0.4 is 9.64 Å². The van der Waals surface area contributed by atoms with Crippen LogP contribution in [0, 0.1) is 11.6 Å². The number of hydrogen-bond acceptors (Lipinski definition) is 6. The number of benzene rings is 2. The molecule has 9 heteroatoms. The smallest absolute Gasteiger partial charge is 0.137 e. The molecule has 0 N–H and O–H groups in total. The number of nitrogens with zero attached hydrogens (tertiary/aromatic N) is 5. The highest BCUT2D eigenvalue weighted by Gasteiger charge is 2.44. The highest BCUT2D eigenvalue weighted by molar-refractivity contribution is 5.49. The van der Waals surface area contributed by atoms with Gasteiger partial charge in [-0.05, 0) is 57.0 Å². The van der Waals surface area contributed by atoms with E-state index < -0.39 is 17.2 Å². The van der Waals surface area contributed by atoms with E-state index in [0.29, 0.717) is 31.1 Å². The van der Waals surface area contributed by atoms with Gasteiger partial charge in [0.15, 0.2) is 0 Å². The molecule has 2 atom stereocenters. The van der Waals surface area contributed by atoms with Gasteiger partial charge in [0.1, 0.15) is 42.2 Å². The molecule has 2 saturated heterocycles. The minimum absolute atomic E-state index is 0.234. The lowest BCUT2D eigenvalue weighted by atomic mass is 9.90. The van der Waals surface area contributed by atoms with Crippen molar-refractivity contribution in [2.75, 3.05) is 37.7 Å². The molecule has 192 valence electrons. The summed E-state index contributed by atoms with van der Waals surface area (Å²) in [6.07, 6.45) is 4.01. The van der Waals surface area contributed by atoms with Crippen molar-refractivity contribution in [2.45, 2.75) is 51.0 Å². The van der Waals surface area contributed by atoms with Crippen LogP contribution in [0.2, 0.25) is 0 Å². The van der Waals surface area contributed by atoms with E-state index in [1.54, 1.807) is 11.0 Å². The average molecular weight is 498 g/mol. The van der Waals surface area contributed by atoms with Gasteiger partial charge in [-0.15, -0.1) is 0 Å². The Labute approximate surface area is 210 Å². The van der Waals surface area contributed by atoms with Crippen molar-refractivity contribution in [1.29, 1.82) is 0 Å². The van der Waals surface area contributed by atoms with Crippen molar-refractivity contribution in [2.24, 2.45) is 0 Å². The lowest BCUT2D eigenvalue weighted by molar-refractivity contribution is -0.0734. The van der Waals surface area contributed by atoms with Gasteiger partial charge in [0.2, 0.25) is 0 Å². The summed E-state index contributed by atoms with van der Waals surface area (Å²) in [5.74, 6) is -0.471. The Morgan fingerprint density at radius 2 is 1.86 bits per heavy atom. The second-order valence-corrected chi connectivity index (χ2v) is 9.91. The summed E-state index contributed by atoms with van der Waals surface area (Å²) in [4.78, 5) is 8.88. The zero-order chi connectivity index (χ0) is 25.1. The van der Waals surface area contributed by atoms with Crippen LogP contribution in [0.15, 0.2) is 55.1 Å². The number of hydrogen-bond donors (Lipinski definition) is 0. The van der Waals surface area contributed by atoms with E-state index in [4.69, 9.17) is 9.47 Å². The standard InChI is InChI=1S/C27H33F2N5O2/c1-20(2)32-11-13-33(14-12-32)22-4-6-23(7-5-22)35-16-24-9-10-27(36-24,17-34-19-30-18-31-34)25-8-3-21(28)15-26(25)29/h3-8,15,18-20,24H,9-14,16-17H2,1-2H3/t24-,27+/m1/s1. The largest absolute Gasteiger partial charge is 0.491 e. The molecule has 0 saturated carbocycles. The SMILES string of the molecule is CC(C)N1CCN(c2ccc(OC[C@H]3CC[C@](Cn4cncn4)(c4ccc(F)cc4F)O3)cc2)CC1. The van der Waals surface area contributed by atoms with Crippen molar-refractivity contribution in [3.8, 4) is 5.75 Å². The van der Waals surface area contributed by atoms with Gasteiger partial charge in [0.05, 0.1) is 12.6 Å². The van der Waals surface area contributed by atoms with Crippen molar-refractivity contribution >= 4 is 5.69 Å². The topological polar surface area (TPSA) is 55.7 Å². The third-order valence-electron chi connectivity index (χ3n) is 7.25. The summed E-state index contributed by atoms with van der Waals surface area (Å²) in [6.45, 7) is 9.28.